The van der Waals surface area contributed by atoms with Gasteiger partial charge in [-0.2, -0.15) is 0 Å². The number of benzene rings is 3. The standard InChI is InChI=1S/C56H65ClN6O8S/c1-33(37-19-21-38(22-20-37)47-34(2)59-32-72-47)60-49(66)45-28-41(70-35(3)64)30-62(45)51(68)48(54(4,5)6)61-46(65)31-69-25-15-13-12-14-16-36-17-18-39-29-63(50(67)42(39)26-36)52-55(7,8)53(56(52,9)10)71-40-23-24-44(58-11)43(57)27-40/h17-24,26-27,32-33,41,45,48,52-53H,12-13,15,25,28-31H2,1-10H3,(H,60,66)(H,61,65)/t33-,41+,45?,48+,52?,53?/m0/s1. The number of hydrogen-bond acceptors (Lipinski definition) is 10. The van der Waals surface area contributed by atoms with Crippen LogP contribution >= 0.6 is 22.9 Å². The maximum Gasteiger partial charge on any atom is 0.302 e. The van der Waals surface area contributed by atoms with Crippen LogP contribution < -0.4 is 15.4 Å². The number of hydrogen-bond donors (Lipinski definition) is 2. The quantitative estimate of drug-likeness (QED) is 0.0482. The van der Waals surface area contributed by atoms with Crippen LogP contribution in [0.5, 0.6) is 5.75 Å². The molecule has 14 nitrogen and oxygen atoms in total. The number of esters is 1. The van der Waals surface area contributed by atoms with Gasteiger partial charge >= 0.3 is 5.97 Å². The second-order valence-electron chi connectivity index (χ2n) is 21.3. The number of carbonyl (C=O) groups is 5. The Labute approximate surface area is 432 Å². The van der Waals surface area contributed by atoms with Crippen LogP contribution in [-0.2, 0) is 35.2 Å². The van der Waals surface area contributed by atoms with Crippen molar-refractivity contribution in [2.24, 2.45) is 16.2 Å². The third kappa shape index (κ3) is 11.7. The number of ether oxygens (including phenoxy) is 3. The molecule has 0 bridgehead atoms. The number of unbranched alkanes of at least 4 members (excludes halogenated alkanes) is 2. The first kappa shape index (κ1) is 53.5. The number of likely N-dealkylation sites (tertiary alicyclic amines) is 1. The van der Waals surface area contributed by atoms with Gasteiger partial charge in [0, 0.05) is 60.9 Å². The largest absolute Gasteiger partial charge is 0.489 e. The fourth-order valence-corrected chi connectivity index (χ4v) is 11.9. The summed E-state index contributed by atoms with van der Waals surface area (Å²) in [5, 5.41) is 6.26. The van der Waals surface area contributed by atoms with Crippen molar-refractivity contribution in [1.82, 2.24) is 25.4 Å². The summed E-state index contributed by atoms with van der Waals surface area (Å²) in [6.45, 7) is 27.0. The minimum absolute atomic E-state index is 0.00783. The van der Waals surface area contributed by atoms with Gasteiger partial charge in [0.25, 0.3) is 5.91 Å². The highest BCUT2D eigenvalue weighted by molar-refractivity contribution is 7.13. The van der Waals surface area contributed by atoms with Gasteiger partial charge in [0.2, 0.25) is 23.4 Å². The molecule has 2 N–H and O–H groups in total. The maximum absolute atomic E-state index is 14.3. The molecule has 4 aromatic rings. The first-order valence-electron chi connectivity index (χ1n) is 24.4. The smallest absolute Gasteiger partial charge is 0.302 e. The van der Waals surface area contributed by atoms with E-state index in [0.717, 1.165) is 39.2 Å². The highest BCUT2D eigenvalue weighted by Crippen LogP contribution is 2.59. The van der Waals surface area contributed by atoms with Gasteiger partial charge in [-0.25, -0.2) is 9.83 Å². The molecule has 4 atom stereocenters. The highest BCUT2D eigenvalue weighted by atomic mass is 35.5. The summed E-state index contributed by atoms with van der Waals surface area (Å²) in [5.41, 5.74) is 5.95. The molecular formula is C56H65ClN6O8S. The number of fused-ring (bicyclic) bond motifs is 1. The van der Waals surface area contributed by atoms with E-state index in [4.69, 9.17) is 32.4 Å². The van der Waals surface area contributed by atoms with Crippen LogP contribution in [0.25, 0.3) is 15.3 Å². The fourth-order valence-electron chi connectivity index (χ4n) is 10.9. The average molecular weight is 1020 g/mol. The zero-order valence-corrected chi connectivity index (χ0v) is 44.4. The van der Waals surface area contributed by atoms with Crippen LogP contribution in [0, 0.1) is 41.6 Å². The molecule has 72 heavy (non-hydrogen) atoms. The topological polar surface area (TPSA) is 161 Å². The van der Waals surface area contributed by atoms with E-state index in [1.807, 2.05) is 87.5 Å². The molecule has 4 amide bonds. The van der Waals surface area contributed by atoms with Crippen molar-refractivity contribution in [2.45, 2.75) is 138 Å². The summed E-state index contributed by atoms with van der Waals surface area (Å²) in [6.07, 6.45) is 1.18. The van der Waals surface area contributed by atoms with Crippen LogP contribution in [0.4, 0.5) is 5.69 Å². The summed E-state index contributed by atoms with van der Waals surface area (Å²) in [5.74, 6) is 5.17. The Morgan fingerprint density at radius 2 is 1.74 bits per heavy atom. The number of rotatable bonds is 16. The van der Waals surface area contributed by atoms with E-state index >= 15 is 0 Å². The lowest BCUT2D eigenvalue weighted by Gasteiger charge is -2.65. The van der Waals surface area contributed by atoms with E-state index in [1.54, 1.807) is 29.5 Å². The highest BCUT2D eigenvalue weighted by Gasteiger charge is 2.67. The molecule has 1 saturated heterocycles. The van der Waals surface area contributed by atoms with Crippen molar-refractivity contribution in [3.63, 3.8) is 0 Å². The SMILES string of the molecule is [C-]#[N+]c1ccc(OC2C(C)(C)C(N3Cc4ccc(C#CCCCCOCC(=O)N[C@H](C(=O)N5C[C@H](OC(C)=O)CC5C(=O)N[C@@H](C)c5ccc(-c6scnc6C)cc5)C(C)(C)C)cc4C3=O)C2(C)C)cc1Cl. The molecule has 380 valence electrons. The van der Waals surface area contributed by atoms with Crippen molar-refractivity contribution in [2.75, 3.05) is 19.8 Å². The molecular weight excluding hydrogens is 952 g/mol. The van der Waals surface area contributed by atoms with Crippen molar-refractivity contribution in [3.05, 3.63) is 111 Å². The van der Waals surface area contributed by atoms with Crippen LogP contribution in [0.2, 0.25) is 5.02 Å². The minimum atomic E-state index is -1.00. The van der Waals surface area contributed by atoms with E-state index < -0.39 is 41.4 Å². The van der Waals surface area contributed by atoms with Gasteiger partial charge in [0.15, 0.2) is 0 Å². The number of aromatic nitrogens is 1. The van der Waals surface area contributed by atoms with E-state index in [1.165, 1.54) is 11.8 Å². The molecule has 2 fully saturated rings. The van der Waals surface area contributed by atoms with Gasteiger partial charge in [0.1, 0.15) is 36.6 Å². The Kier molecular flexibility index (Phi) is 16.2. The lowest BCUT2D eigenvalue weighted by atomic mass is 9.49. The van der Waals surface area contributed by atoms with Crippen molar-refractivity contribution in [1.29, 1.82) is 0 Å². The maximum atomic E-state index is 14.3. The molecule has 3 heterocycles. The minimum Gasteiger partial charge on any atom is -0.489 e. The average Bonchev–Trinajstić information content (AvgIpc) is 4.03. The van der Waals surface area contributed by atoms with Gasteiger partial charge in [0.05, 0.1) is 40.3 Å². The van der Waals surface area contributed by atoms with Gasteiger partial charge < -0.3 is 34.6 Å². The molecule has 1 aromatic heterocycles. The molecule has 2 aliphatic heterocycles. The van der Waals surface area contributed by atoms with Crippen LogP contribution in [0.1, 0.15) is 127 Å². The molecule has 3 aliphatic rings. The number of carbonyl (C=O) groups excluding carboxylic acids is 5. The Morgan fingerprint density at radius 3 is 2.38 bits per heavy atom. The van der Waals surface area contributed by atoms with Gasteiger partial charge in [-0.05, 0) is 73.1 Å². The lowest BCUT2D eigenvalue weighted by molar-refractivity contribution is -0.199. The lowest BCUT2D eigenvalue weighted by Crippen LogP contribution is -2.74. The first-order chi connectivity index (χ1) is 34.0. The second kappa shape index (κ2) is 21.8. The molecule has 1 unspecified atom stereocenters. The number of nitrogens with zero attached hydrogens (tertiary/aromatic N) is 4. The summed E-state index contributed by atoms with van der Waals surface area (Å²) in [4.78, 5) is 79.7. The number of aryl methyl sites for hydroxylation is 1. The summed E-state index contributed by atoms with van der Waals surface area (Å²) < 4.78 is 17.7. The molecule has 0 spiro atoms. The normalized spacial score (nSPS) is 20.5. The van der Waals surface area contributed by atoms with Gasteiger partial charge in [-0.15, -0.1) is 11.3 Å². The predicted octanol–water partition coefficient (Wildman–Crippen LogP) is 9.64. The number of halogens is 1. The predicted molar refractivity (Wildman–Crippen MR) is 277 cm³/mol. The molecule has 16 heteroatoms. The molecule has 7 rings (SSSR count). The number of thiazole rings is 1. The summed E-state index contributed by atoms with van der Waals surface area (Å²) >= 11 is 7.87. The zero-order valence-electron chi connectivity index (χ0n) is 42.8. The van der Waals surface area contributed by atoms with Crippen LogP contribution in [-0.4, -0.2) is 94.5 Å². The van der Waals surface area contributed by atoms with Gasteiger partial charge in [-0.1, -0.05) is 108 Å². The van der Waals surface area contributed by atoms with Crippen molar-refractivity contribution < 1.29 is 38.2 Å². The Morgan fingerprint density at radius 1 is 1.01 bits per heavy atom. The second-order valence-corrected chi connectivity index (χ2v) is 22.6. The Hall–Kier alpha value is -6.26. The first-order valence-corrected chi connectivity index (χ1v) is 25.7. The third-order valence-electron chi connectivity index (χ3n) is 14.0. The fraction of sp³-hybridized carbons (Fsp3) is 0.482. The van der Waals surface area contributed by atoms with E-state index in [0.29, 0.717) is 48.0 Å². The molecule has 1 saturated carbocycles. The van der Waals surface area contributed by atoms with Crippen molar-refractivity contribution >= 4 is 58.2 Å². The van der Waals surface area contributed by atoms with Crippen LogP contribution in [0.15, 0.2) is 66.2 Å². The summed E-state index contributed by atoms with van der Waals surface area (Å²) in [6, 6.07) is 16.4. The molecule has 3 aromatic carbocycles. The van der Waals surface area contributed by atoms with Gasteiger partial charge in [-0.3, -0.25) is 24.0 Å². The summed E-state index contributed by atoms with van der Waals surface area (Å²) in [7, 11) is 0. The molecule has 1 aliphatic carbocycles. The zero-order chi connectivity index (χ0) is 52.3. The van der Waals surface area contributed by atoms with Crippen molar-refractivity contribution in [3.8, 4) is 28.0 Å². The molecule has 0 radical (unpaired) electrons. The number of nitrogens with one attached hydrogen (secondary N) is 2. The van der Waals surface area contributed by atoms with E-state index in [2.05, 4.69) is 60.0 Å². The monoisotopic (exact) mass is 1020 g/mol. The Bertz CT molecular complexity index is 2800. The van der Waals surface area contributed by atoms with E-state index in [9.17, 15) is 24.0 Å². The van der Waals surface area contributed by atoms with Crippen LogP contribution in [0.3, 0.4) is 0 Å². The number of amides is 4. The Balaban J connectivity index is 0.872. The van der Waals surface area contributed by atoms with E-state index in [-0.39, 0.29) is 60.4 Å². The third-order valence-corrected chi connectivity index (χ3v) is 15.3.